The molecule has 0 aliphatic carbocycles. The highest BCUT2D eigenvalue weighted by Crippen LogP contribution is 2.18. The maximum atomic E-state index is 11.9. The van der Waals surface area contributed by atoms with Gasteiger partial charge in [0.1, 0.15) is 5.60 Å². The third-order valence-corrected chi connectivity index (χ3v) is 4.37. The van der Waals surface area contributed by atoms with E-state index >= 15 is 0 Å². The second-order valence-corrected chi connectivity index (χ2v) is 7.92. The number of nitrogens with zero attached hydrogens (tertiary/aromatic N) is 2. The first-order chi connectivity index (χ1) is 11.8. The molecular weight excluding hydrogens is 314 g/mol. The fourth-order valence-electron chi connectivity index (χ4n) is 3.16. The van der Waals surface area contributed by atoms with Crippen LogP contribution in [0.2, 0.25) is 0 Å². The van der Waals surface area contributed by atoms with Gasteiger partial charge in [0.05, 0.1) is 6.54 Å². The zero-order chi connectivity index (χ0) is 18.4. The first kappa shape index (κ1) is 19.7. The summed E-state index contributed by atoms with van der Waals surface area (Å²) in [6.45, 7) is 12.9. The maximum Gasteiger partial charge on any atom is 0.320 e. The number of hydrogen-bond acceptors (Lipinski definition) is 5. The van der Waals surface area contributed by atoms with Crippen LogP contribution in [0.5, 0.6) is 0 Å². The molecule has 1 aromatic rings. The number of carbonyl (C=O) groups excluding carboxylic acids is 1. The molecule has 1 aliphatic rings. The number of benzene rings is 1. The minimum atomic E-state index is -0.414. The van der Waals surface area contributed by atoms with Gasteiger partial charge in [-0.25, -0.2) is 0 Å². The number of ether oxygens (including phenoxy) is 1. The number of nitrogen functional groups attached to an aromatic ring is 1. The molecule has 140 valence electrons. The number of piperazine rings is 1. The Morgan fingerprint density at radius 1 is 1.16 bits per heavy atom. The lowest BCUT2D eigenvalue weighted by Crippen LogP contribution is -2.48. The Hall–Kier alpha value is -1.59. The van der Waals surface area contributed by atoms with Crippen LogP contribution in [-0.2, 0) is 22.5 Å². The molecule has 0 bridgehead atoms. The van der Waals surface area contributed by atoms with Gasteiger partial charge in [0.15, 0.2) is 0 Å². The average molecular weight is 348 g/mol. The van der Waals surface area contributed by atoms with Gasteiger partial charge < -0.3 is 10.5 Å². The largest absolute Gasteiger partial charge is 0.459 e. The number of hydrogen-bond donors (Lipinski definition) is 1. The molecule has 2 N–H and O–H groups in total. The van der Waals surface area contributed by atoms with Crippen molar-refractivity contribution in [2.75, 3.05) is 38.5 Å². The normalized spacial score (nSPS) is 16.8. The van der Waals surface area contributed by atoms with E-state index in [2.05, 4.69) is 34.9 Å². The van der Waals surface area contributed by atoms with Crippen LogP contribution in [0.4, 0.5) is 5.69 Å². The smallest absolute Gasteiger partial charge is 0.320 e. The molecule has 0 aromatic heterocycles. The van der Waals surface area contributed by atoms with Crippen LogP contribution in [0.25, 0.3) is 0 Å². The van der Waals surface area contributed by atoms with Crippen molar-refractivity contribution in [1.29, 1.82) is 0 Å². The summed E-state index contributed by atoms with van der Waals surface area (Å²) < 4.78 is 5.40. The molecule has 0 amide bonds. The van der Waals surface area contributed by atoms with Crippen LogP contribution in [0, 0.1) is 0 Å². The SMILES string of the molecule is CCCc1ccc(CN2CCN(CC(=O)OC(C)(C)C)CC2)cc1N. The zero-order valence-electron chi connectivity index (χ0n) is 16.2. The Labute approximate surface area is 152 Å². The molecule has 0 unspecified atom stereocenters. The molecule has 1 fully saturated rings. The summed E-state index contributed by atoms with van der Waals surface area (Å²) in [5.74, 6) is -0.139. The van der Waals surface area contributed by atoms with Gasteiger partial charge in [-0.3, -0.25) is 14.6 Å². The number of nitrogens with two attached hydrogens (primary N) is 1. The molecule has 2 rings (SSSR count). The first-order valence-corrected chi connectivity index (χ1v) is 9.30. The van der Waals surface area contributed by atoms with Crippen LogP contribution in [0.3, 0.4) is 0 Å². The molecule has 5 heteroatoms. The predicted molar refractivity (Wildman–Crippen MR) is 102 cm³/mol. The predicted octanol–water partition coefficient (Wildman–Crippen LogP) is 2.68. The van der Waals surface area contributed by atoms with Crippen LogP contribution >= 0.6 is 0 Å². The molecule has 0 saturated carbocycles. The number of esters is 1. The molecule has 1 aliphatic heterocycles. The van der Waals surface area contributed by atoms with Gasteiger partial charge >= 0.3 is 5.97 Å². The lowest BCUT2D eigenvalue weighted by molar-refractivity contribution is -0.156. The van der Waals surface area contributed by atoms with Crippen molar-refractivity contribution in [1.82, 2.24) is 9.80 Å². The molecule has 25 heavy (non-hydrogen) atoms. The zero-order valence-corrected chi connectivity index (χ0v) is 16.2. The Morgan fingerprint density at radius 3 is 2.36 bits per heavy atom. The number of rotatable bonds is 6. The highest BCUT2D eigenvalue weighted by molar-refractivity contribution is 5.72. The summed E-state index contributed by atoms with van der Waals surface area (Å²) >= 11 is 0. The number of carbonyl (C=O) groups is 1. The van der Waals surface area contributed by atoms with E-state index in [4.69, 9.17) is 10.5 Å². The van der Waals surface area contributed by atoms with Crippen molar-refractivity contribution in [3.8, 4) is 0 Å². The lowest BCUT2D eigenvalue weighted by Gasteiger charge is -2.34. The van der Waals surface area contributed by atoms with Crippen LogP contribution in [0.15, 0.2) is 18.2 Å². The summed E-state index contributed by atoms with van der Waals surface area (Å²) in [4.78, 5) is 16.5. The van der Waals surface area contributed by atoms with E-state index in [1.807, 2.05) is 20.8 Å². The molecule has 0 atom stereocenters. The summed E-state index contributed by atoms with van der Waals surface area (Å²) in [6, 6.07) is 6.46. The van der Waals surface area contributed by atoms with Crippen molar-refractivity contribution < 1.29 is 9.53 Å². The fraction of sp³-hybridized carbons (Fsp3) is 0.650. The molecule has 1 aromatic carbocycles. The second-order valence-electron chi connectivity index (χ2n) is 7.92. The van der Waals surface area contributed by atoms with E-state index in [0.29, 0.717) is 6.54 Å². The van der Waals surface area contributed by atoms with Crippen molar-refractivity contribution in [2.24, 2.45) is 0 Å². The Balaban J connectivity index is 1.78. The third-order valence-electron chi connectivity index (χ3n) is 4.37. The van der Waals surface area contributed by atoms with Crippen molar-refractivity contribution in [3.63, 3.8) is 0 Å². The van der Waals surface area contributed by atoms with E-state index in [1.165, 1.54) is 11.1 Å². The third kappa shape index (κ3) is 6.67. The van der Waals surface area contributed by atoms with Crippen molar-refractivity contribution >= 4 is 11.7 Å². The molecule has 1 saturated heterocycles. The molecule has 5 nitrogen and oxygen atoms in total. The minimum absolute atomic E-state index is 0.139. The average Bonchev–Trinajstić information content (AvgIpc) is 2.50. The molecular formula is C20H33N3O2. The van der Waals surface area contributed by atoms with Gasteiger partial charge in [-0.05, 0) is 44.4 Å². The van der Waals surface area contributed by atoms with E-state index in [1.54, 1.807) is 0 Å². The van der Waals surface area contributed by atoms with Gasteiger partial charge in [-0.15, -0.1) is 0 Å². The monoisotopic (exact) mass is 347 g/mol. The van der Waals surface area contributed by atoms with Gasteiger partial charge in [-0.2, -0.15) is 0 Å². The van der Waals surface area contributed by atoms with E-state index in [9.17, 15) is 4.79 Å². The van der Waals surface area contributed by atoms with Gasteiger partial charge in [0, 0.05) is 38.4 Å². The topological polar surface area (TPSA) is 58.8 Å². The maximum absolute atomic E-state index is 11.9. The quantitative estimate of drug-likeness (QED) is 0.633. The van der Waals surface area contributed by atoms with Crippen molar-refractivity contribution in [2.45, 2.75) is 52.7 Å². The minimum Gasteiger partial charge on any atom is -0.459 e. The first-order valence-electron chi connectivity index (χ1n) is 9.30. The Kier molecular flexibility index (Phi) is 6.85. The van der Waals surface area contributed by atoms with E-state index < -0.39 is 5.60 Å². The van der Waals surface area contributed by atoms with E-state index in [-0.39, 0.29) is 5.97 Å². The molecule has 0 radical (unpaired) electrons. The summed E-state index contributed by atoms with van der Waals surface area (Å²) in [6.07, 6.45) is 2.15. The van der Waals surface area contributed by atoms with Crippen LogP contribution in [0.1, 0.15) is 45.2 Å². The van der Waals surface area contributed by atoms with Gasteiger partial charge in [0.2, 0.25) is 0 Å². The van der Waals surface area contributed by atoms with Crippen LogP contribution < -0.4 is 5.73 Å². The van der Waals surface area contributed by atoms with E-state index in [0.717, 1.165) is 51.3 Å². The van der Waals surface area contributed by atoms with Gasteiger partial charge in [0.25, 0.3) is 0 Å². The van der Waals surface area contributed by atoms with Crippen molar-refractivity contribution in [3.05, 3.63) is 29.3 Å². The molecule has 0 spiro atoms. The highest BCUT2D eigenvalue weighted by atomic mass is 16.6. The molecule has 1 heterocycles. The second kappa shape index (κ2) is 8.68. The Bertz CT molecular complexity index is 573. The number of anilines is 1. The lowest BCUT2D eigenvalue weighted by atomic mass is 10.0. The summed E-state index contributed by atoms with van der Waals surface area (Å²) in [5.41, 5.74) is 9.16. The Morgan fingerprint density at radius 2 is 1.80 bits per heavy atom. The van der Waals surface area contributed by atoms with Gasteiger partial charge in [-0.1, -0.05) is 25.5 Å². The summed E-state index contributed by atoms with van der Waals surface area (Å²) in [7, 11) is 0. The fourth-order valence-corrected chi connectivity index (χ4v) is 3.16. The van der Waals surface area contributed by atoms with Crippen LogP contribution in [-0.4, -0.2) is 54.1 Å². The number of aryl methyl sites for hydroxylation is 1. The highest BCUT2D eigenvalue weighted by Gasteiger charge is 2.22. The standard InChI is InChI=1S/C20H33N3O2/c1-5-6-17-8-7-16(13-18(17)21)14-22-9-11-23(12-10-22)15-19(24)25-20(2,3)4/h7-8,13H,5-6,9-12,14-15,21H2,1-4H3. The summed E-state index contributed by atoms with van der Waals surface area (Å²) in [5, 5.41) is 0.